The summed E-state index contributed by atoms with van der Waals surface area (Å²) in [4.78, 5) is 46.0. The second-order valence-electron chi connectivity index (χ2n) is 13.9. The molecule has 2 N–H and O–H groups in total. The maximum atomic E-state index is 13.9. The van der Waals surface area contributed by atoms with E-state index in [9.17, 15) is 14.9 Å². The molecule has 0 bridgehead atoms. The number of rotatable bonds is 14. The van der Waals surface area contributed by atoms with Gasteiger partial charge in [-0.1, -0.05) is 43.7 Å². The van der Waals surface area contributed by atoms with Gasteiger partial charge in [-0.05, 0) is 62.6 Å². The maximum Gasteiger partial charge on any atom is 0.323 e. The number of likely N-dealkylation sites (tertiary alicyclic amines) is 1. The molecule has 0 unspecified atom stereocenters. The Morgan fingerprint density at radius 2 is 1.81 bits per heavy atom. The second-order valence-corrected chi connectivity index (χ2v) is 13.9. The number of amides is 3. The predicted molar refractivity (Wildman–Crippen MR) is 202 cm³/mol. The van der Waals surface area contributed by atoms with Gasteiger partial charge in [-0.15, -0.1) is 0 Å². The van der Waals surface area contributed by atoms with Crippen LogP contribution in [0.25, 0.3) is 11.1 Å². The van der Waals surface area contributed by atoms with Gasteiger partial charge in [0, 0.05) is 81.8 Å². The highest BCUT2D eigenvalue weighted by Crippen LogP contribution is 2.39. The molecule has 1 atom stereocenters. The van der Waals surface area contributed by atoms with Crippen LogP contribution in [0.3, 0.4) is 0 Å². The third kappa shape index (κ3) is 8.33. The fourth-order valence-electron chi connectivity index (χ4n) is 7.46. The summed E-state index contributed by atoms with van der Waals surface area (Å²) in [5, 5.41) is 20.6. The highest BCUT2D eigenvalue weighted by Gasteiger charge is 2.45. The third-order valence-electron chi connectivity index (χ3n) is 10.5. The lowest BCUT2D eigenvalue weighted by Crippen LogP contribution is -2.52. The number of hydrogen-bond acceptors (Lipinski definition) is 9. The molecule has 52 heavy (non-hydrogen) atoms. The fraction of sp³-hybridized carbons (Fsp3) is 0.462. The Labute approximate surface area is 306 Å². The van der Waals surface area contributed by atoms with Gasteiger partial charge in [0.2, 0.25) is 11.9 Å². The Hall–Kier alpha value is -5.51. The molecule has 2 saturated heterocycles. The van der Waals surface area contributed by atoms with Gasteiger partial charge in [0.05, 0.1) is 12.4 Å². The van der Waals surface area contributed by atoms with Gasteiger partial charge in [0.1, 0.15) is 17.5 Å². The molecular weight excluding hydrogens is 655 g/mol. The molecule has 4 aromatic rings. The van der Waals surface area contributed by atoms with Gasteiger partial charge in [-0.2, -0.15) is 15.3 Å². The Balaban J connectivity index is 1.08. The number of nitrogens with zero attached hydrogens (tertiary/aromatic N) is 9. The molecule has 3 amide bonds. The third-order valence-corrected chi connectivity index (χ3v) is 10.5. The standard InChI is InChI=1S/C39H49N11O2/c1-4-10-33(50(38(52)44-24-29-11-6-5-7-12-29)34-15-14-30(25-42-34)32-27-45-47(2)28-32)13-8-9-20-41-37-43-26-31(23-40)36(46-37)49-21-18-39(19-22-49)17-16-35(51)48(39)3/h5-7,11-12,14-15,25-28,33H,4,8-10,13,16-22,24H2,1-3H3,(H,44,52)(H,41,43,46)/t33-/m0/s1. The van der Waals surface area contributed by atoms with Crippen molar-refractivity contribution in [2.24, 2.45) is 7.05 Å². The summed E-state index contributed by atoms with van der Waals surface area (Å²) in [6.07, 6.45) is 14.6. The summed E-state index contributed by atoms with van der Waals surface area (Å²) in [6.45, 7) is 4.68. The van der Waals surface area contributed by atoms with Crippen molar-refractivity contribution >= 4 is 29.5 Å². The second kappa shape index (κ2) is 16.7. The van der Waals surface area contributed by atoms with E-state index in [1.54, 1.807) is 23.3 Å². The summed E-state index contributed by atoms with van der Waals surface area (Å²) in [5.41, 5.74) is 3.31. The van der Waals surface area contributed by atoms with Crippen molar-refractivity contribution in [3.63, 3.8) is 0 Å². The van der Waals surface area contributed by atoms with E-state index in [4.69, 9.17) is 9.97 Å². The van der Waals surface area contributed by atoms with Crippen LogP contribution in [0.1, 0.15) is 75.8 Å². The molecule has 272 valence electrons. The van der Waals surface area contributed by atoms with Crippen molar-refractivity contribution in [3.8, 4) is 17.2 Å². The van der Waals surface area contributed by atoms with Crippen LogP contribution < -0.4 is 20.4 Å². The average Bonchev–Trinajstić information content (AvgIpc) is 3.73. The highest BCUT2D eigenvalue weighted by atomic mass is 16.2. The number of benzene rings is 1. The van der Waals surface area contributed by atoms with Crippen molar-refractivity contribution < 1.29 is 9.59 Å². The summed E-state index contributed by atoms with van der Waals surface area (Å²) in [6, 6.07) is 15.9. The SMILES string of the molecule is CCC[C@@H](CCCCNc1ncc(C#N)c(N2CCC3(CCC(=O)N3C)CC2)n1)N(C(=O)NCc1ccccc1)c1ccc(-c2cnn(C)c2)cn1. The van der Waals surface area contributed by atoms with Crippen LogP contribution >= 0.6 is 0 Å². The van der Waals surface area contributed by atoms with E-state index in [2.05, 4.69) is 38.6 Å². The number of hydrogen-bond donors (Lipinski definition) is 2. The molecule has 0 radical (unpaired) electrons. The molecule has 0 aliphatic carbocycles. The molecule has 13 heteroatoms. The van der Waals surface area contributed by atoms with Crippen LogP contribution in [0.5, 0.6) is 0 Å². The summed E-state index contributed by atoms with van der Waals surface area (Å²) in [7, 11) is 3.80. The van der Waals surface area contributed by atoms with Crippen LogP contribution in [0, 0.1) is 11.3 Å². The Morgan fingerprint density at radius 3 is 2.46 bits per heavy atom. The van der Waals surface area contributed by atoms with Crippen molar-refractivity contribution in [2.75, 3.05) is 41.8 Å². The van der Waals surface area contributed by atoms with E-state index in [0.29, 0.717) is 42.7 Å². The summed E-state index contributed by atoms with van der Waals surface area (Å²) >= 11 is 0. The molecule has 3 aromatic heterocycles. The molecular formula is C39H49N11O2. The number of carbonyl (C=O) groups is 2. The van der Waals surface area contributed by atoms with Crippen LogP contribution in [0.4, 0.5) is 22.4 Å². The minimum absolute atomic E-state index is 0.0492. The van der Waals surface area contributed by atoms with Gasteiger partial charge in [-0.25, -0.2) is 14.8 Å². The number of carbonyl (C=O) groups excluding carboxylic acids is 2. The van der Waals surface area contributed by atoms with Gasteiger partial charge >= 0.3 is 6.03 Å². The molecule has 5 heterocycles. The van der Waals surface area contributed by atoms with Crippen LogP contribution in [-0.4, -0.2) is 79.8 Å². The molecule has 0 saturated carbocycles. The monoisotopic (exact) mass is 703 g/mol. The minimum atomic E-state index is -0.171. The maximum absolute atomic E-state index is 13.9. The van der Waals surface area contributed by atoms with Crippen molar-refractivity contribution in [2.45, 2.75) is 82.8 Å². The van der Waals surface area contributed by atoms with Crippen molar-refractivity contribution in [3.05, 3.63) is 78.4 Å². The number of aromatic nitrogens is 5. The highest BCUT2D eigenvalue weighted by molar-refractivity contribution is 5.91. The van der Waals surface area contributed by atoms with Crippen LogP contribution in [0.2, 0.25) is 0 Å². The van der Waals surface area contributed by atoms with E-state index >= 15 is 0 Å². The normalized spacial score (nSPS) is 15.8. The molecule has 2 fully saturated rings. The molecule has 2 aliphatic rings. The number of nitriles is 1. The molecule has 1 aromatic carbocycles. The molecule has 2 aliphatic heterocycles. The van der Waals surface area contributed by atoms with E-state index in [-0.39, 0.29) is 23.5 Å². The first-order valence-electron chi connectivity index (χ1n) is 18.4. The first-order valence-corrected chi connectivity index (χ1v) is 18.4. The number of pyridine rings is 1. The Kier molecular flexibility index (Phi) is 11.6. The van der Waals surface area contributed by atoms with Gasteiger partial charge in [0.25, 0.3) is 0 Å². The fourth-order valence-corrected chi connectivity index (χ4v) is 7.46. The first-order chi connectivity index (χ1) is 25.3. The van der Waals surface area contributed by atoms with E-state index in [1.165, 1.54) is 0 Å². The quantitative estimate of drug-likeness (QED) is 0.153. The number of urea groups is 1. The zero-order chi connectivity index (χ0) is 36.5. The van der Waals surface area contributed by atoms with Crippen LogP contribution in [0.15, 0.2) is 67.3 Å². The molecule has 13 nitrogen and oxygen atoms in total. The molecule has 1 spiro atoms. The Morgan fingerprint density at radius 1 is 1.00 bits per heavy atom. The lowest BCUT2D eigenvalue weighted by molar-refractivity contribution is -0.130. The number of unbranched alkanes of at least 4 members (excludes halogenated alkanes) is 1. The van der Waals surface area contributed by atoms with Crippen molar-refractivity contribution in [1.29, 1.82) is 5.26 Å². The zero-order valence-electron chi connectivity index (χ0n) is 30.5. The predicted octanol–water partition coefficient (Wildman–Crippen LogP) is 5.90. The summed E-state index contributed by atoms with van der Waals surface area (Å²) in [5.74, 6) is 1.96. The van der Waals surface area contributed by atoms with Gasteiger partial charge in [0.15, 0.2) is 5.82 Å². The number of nitrogens with one attached hydrogen (secondary N) is 2. The number of aryl methyl sites for hydroxylation is 1. The van der Waals surface area contributed by atoms with Crippen LogP contribution in [-0.2, 0) is 18.4 Å². The lowest BCUT2D eigenvalue weighted by atomic mass is 9.85. The number of anilines is 3. The van der Waals surface area contributed by atoms with Gasteiger partial charge < -0.3 is 20.4 Å². The first kappa shape index (κ1) is 36.3. The summed E-state index contributed by atoms with van der Waals surface area (Å²) < 4.78 is 1.76. The van der Waals surface area contributed by atoms with E-state index in [0.717, 1.165) is 81.1 Å². The largest absolute Gasteiger partial charge is 0.355 e. The minimum Gasteiger partial charge on any atom is -0.355 e. The van der Waals surface area contributed by atoms with Gasteiger partial charge in [-0.3, -0.25) is 14.4 Å². The average molecular weight is 704 g/mol. The number of piperidine rings is 1. The Bertz CT molecular complexity index is 1850. The zero-order valence-corrected chi connectivity index (χ0v) is 30.5. The van der Waals surface area contributed by atoms with E-state index in [1.807, 2.05) is 72.6 Å². The van der Waals surface area contributed by atoms with E-state index < -0.39 is 0 Å². The molecule has 6 rings (SSSR count). The lowest BCUT2D eigenvalue weighted by Gasteiger charge is -2.44. The topological polar surface area (TPSA) is 148 Å². The van der Waals surface area contributed by atoms with Crippen molar-refractivity contribution in [1.82, 2.24) is 34.9 Å². The smallest absolute Gasteiger partial charge is 0.323 e.